The van der Waals surface area contributed by atoms with Gasteiger partial charge in [-0.1, -0.05) is 53.6 Å². The molecule has 0 fully saturated rings. The maximum atomic E-state index is 12.0. The van der Waals surface area contributed by atoms with E-state index in [0.29, 0.717) is 23.0 Å². The number of hydrogen-bond acceptors (Lipinski definition) is 2. The number of nitrogens with one attached hydrogen (secondary N) is 1. The van der Waals surface area contributed by atoms with Crippen LogP contribution in [0.25, 0.3) is 6.08 Å². The van der Waals surface area contributed by atoms with Crippen LogP contribution < -0.4 is 5.32 Å². The molecular formula is C18H15ClN2O. The highest BCUT2D eigenvalue weighted by molar-refractivity contribution is 6.30. The average molecular weight is 311 g/mol. The lowest BCUT2D eigenvalue weighted by atomic mass is 10.1. The summed E-state index contributed by atoms with van der Waals surface area (Å²) in [5.41, 5.74) is 3.62. The monoisotopic (exact) mass is 310 g/mol. The smallest absolute Gasteiger partial charge is 0.275 e. The number of hydrogen-bond donors (Lipinski definition) is 1. The molecule has 1 N–H and O–H groups in total. The normalized spacial score (nSPS) is 15.8. The molecule has 0 aliphatic carbocycles. The Morgan fingerprint density at radius 3 is 2.68 bits per heavy atom. The molecule has 0 saturated heterocycles. The second-order valence-corrected chi connectivity index (χ2v) is 5.70. The molecule has 2 aromatic carbocycles. The first-order valence-electron chi connectivity index (χ1n) is 7.02. The predicted molar refractivity (Wildman–Crippen MR) is 89.9 cm³/mol. The molecule has 1 amide bonds. The van der Waals surface area contributed by atoms with Gasteiger partial charge in [0, 0.05) is 11.4 Å². The van der Waals surface area contributed by atoms with Crippen molar-refractivity contribution >= 4 is 29.4 Å². The van der Waals surface area contributed by atoms with Gasteiger partial charge in [0.1, 0.15) is 11.5 Å². The minimum atomic E-state index is -0.162. The first-order chi connectivity index (χ1) is 10.6. The Morgan fingerprint density at radius 1 is 1.18 bits per heavy atom. The summed E-state index contributed by atoms with van der Waals surface area (Å²) in [6.45, 7) is 2.02. The van der Waals surface area contributed by atoms with Crippen LogP contribution in [0.3, 0.4) is 0 Å². The Balaban J connectivity index is 1.80. The van der Waals surface area contributed by atoms with E-state index in [1.54, 1.807) is 6.08 Å². The van der Waals surface area contributed by atoms with E-state index in [4.69, 9.17) is 11.6 Å². The first-order valence-corrected chi connectivity index (χ1v) is 7.40. The number of aryl methyl sites for hydroxylation is 1. The Kier molecular flexibility index (Phi) is 4.07. The Morgan fingerprint density at radius 2 is 1.95 bits per heavy atom. The summed E-state index contributed by atoms with van der Waals surface area (Å²) in [5.74, 6) is 0.497. The molecule has 110 valence electrons. The van der Waals surface area contributed by atoms with Crippen LogP contribution in [0.15, 0.2) is 59.2 Å². The maximum absolute atomic E-state index is 12.0. The lowest BCUT2D eigenvalue weighted by molar-refractivity contribution is -0.115. The van der Waals surface area contributed by atoms with E-state index in [1.807, 2.05) is 55.5 Å². The van der Waals surface area contributed by atoms with E-state index in [0.717, 1.165) is 16.7 Å². The van der Waals surface area contributed by atoms with Gasteiger partial charge in [0.2, 0.25) is 0 Å². The molecule has 1 heterocycles. The molecule has 0 aromatic heterocycles. The maximum Gasteiger partial charge on any atom is 0.275 e. The largest absolute Gasteiger partial charge is 0.308 e. The van der Waals surface area contributed by atoms with E-state index in [-0.39, 0.29) is 5.91 Å². The highest BCUT2D eigenvalue weighted by atomic mass is 35.5. The van der Waals surface area contributed by atoms with Crippen molar-refractivity contribution in [2.45, 2.75) is 13.3 Å². The molecule has 0 spiro atoms. The van der Waals surface area contributed by atoms with Crippen LogP contribution in [0, 0.1) is 6.92 Å². The quantitative estimate of drug-likeness (QED) is 0.862. The fourth-order valence-electron chi connectivity index (χ4n) is 2.31. The van der Waals surface area contributed by atoms with Crippen LogP contribution in [0.1, 0.15) is 16.7 Å². The lowest BCUT2D eigenvalue weighted by Crippen LogP contribution is -2.25. The van der Waals surface area contributed by atoms with Crippen LogP contribution in [0.2, 0.25) is 5.02 Å². The Bertz CT molecular complexity index is 776. The Hall–Kier alpha value is -2.39. The second kappa shape index (κ2) is 6.16. The summed E-state index contributed by atoms with van der Waals surface area (Å²) in [6, 6.07) is 15.5. The van der Waals surface area contributed by atoms with Crippen LogP contribution in [0.5, 0.6) is 0 Å². The molecule has 22 heavy (non-hydrogen) atoms. The number of rotatable bonds is 3. The highest BCUT2D eigenvalue weighted by Gasteiger charge is 2.19. The first kappa shape index (κ1) is 14.5. The van der Waals surface area contributed by atoms with Crippen molar-refractivity contribution in [2.75, 3.05) is 0 Å². The Labute approximate surface area is 134 Å². The number of amides is 1. The molecule has 3 nitrogen and oxygen atoms in total. The number of amidine groups is 1. The summed E-state index contributed by atoms with van der Waals surface area (Å²) in [6.07, 6.45) is 2.38. The third kappa shape index (κ3) is 3.43. The van der Waals surface area contributed by atoms with Gasteiger partial charge in [0.25, 0.3) is 5.91 Å². The number of carbonyl (C=O) groups excluding carboxylic acids is 1. The molecule has 4 heteroatoms. The summed E-state index contributed by atoms with van der Waals surface area (Å²) in [5, 5.41) is 3.51. The fourth-order valence-corrected chi connectivity index (χ4v) is 2.44. The van der Waals surface area contributed by atoms with E-state index in [2.05, 4.69) is 10.3 Å². The molecule has 1 aliphatic rings. The highest BCUT2D eigenvalue weighted by Crippen LogP contribution is 2.16. The predicted octanol–water partition coefficient (Wildman–Crippen LogP) is 3.76. The van der Waals surface area contributed by atoms with Gasteiger partial charge in [-0.3, -0.25) is 4.79 Å². The van der Waals surface area contributed by atoms with Gasteiger partial charge in [-0.15, -0.1) is 0 Å². The summed E-state index contributed by atoms with van der Waals surface area (Å²) in [4.78, 5) is 16.4. The zero-order valence-corrected chi connectivity index (χ0v) is 12.9. The van der Waals surface area contributed by atoms with Gasteiger partial charge in [-0.25, -0.2) is 4.99 Å². The molecule has 0 radical (unpaired) electrons. The average Bonchev–Trinajstić information content (AvgIpc) is 2.81. The van der Waals surface area contributed by atoms with Gasteiger partial charge >= 0.3 is 0 Å². The van der Waals surface area contributed by atoms with Crippen LogP contribution in [-0.4, -0.2) is 11.7 Å². The number of carbonyl (C=O) groups is 1. The number of benzene rings is 2. The zero-order valence-electron chi connectivity index (χ0n) is 12.1. The summed E-state index contributed by atoms with van der Waals surface area (Å²) >= 11 is 5.87. The number of halogens is 1. The molecule has 3 rings (SSSR count). The third-order valence-electron chi connectivity index (χ3n) is 3.38. The van der Waals surface area contributed by atoms with Crippen molar-refractivity contribution in [1.29, 1.82) is 0 Å². The SMILES string of the molecule is Cc1cccc(/C=C2/N=C(Cc3ccc(Cl)cc3)NC2=O)c1. The lowest BCUT2D eigenvalue weighted by Gasteiger charge is -2.00. The minimum Gasteiger partial charge on any atom is -0.308 e. The molecule has 2 aromatic rings. The van der Waals surface area contributed by atoms with Crippen molar-refractivity contribution in [1.82, 2.24) is 5.32 Å². The van der Waals surface area contributed by atoms with Gasteiger partial charge in [0.05, 0.1) is 0 Å². The van der Waals surface area contributed by atoms with Crippen molar-refractivity contribution in [3.05, 3.63) is 75.9 Å². The van der Waals surface area contributed by atoms with Crippen LogP contribution >= 0.6 is 11.6 Å². The van der Waals surface area contributed by atoms with Crippen molar-refractivity contribution in [3.63, 3.8) is 0 Å². The van der Waals surface area contributed by atoms with E-state index in [1.165, 1.54) is 0 Å². The standard InChI is InChI=1S/C18H15ClN2O/c1-12-3-2-4-14(9-12)10-16-18(22)21-17(20-16)11-13-5-7-15(19)8-6-13/h2-10H,11H2,1H3,(H,20,21,22)/b16-10+. The van der Waals surface area contributed by atoms with Gasteiger partial charge in [-0.05, 0) is 36.3 Å². The second-order valence-electron chi connectivity index (χ2n) is 5.26. The topological polar surface area (TPSA) is 41.5 Å². The van der Waals surface area contributed by atoms with Crippen molar-refractivity contribution in [2.24, 2.45) is 4.99 Å². The molecule has 0 bridgehead atoms. The summed E-state index contributed by atoms with van der Waals surface area (Å²) < 4.78 is 0. The molecule has 0 saturated carbocycles. The van der Waals surface area contributed by atoms with Gasteiger partial charge < -0.3 is 5.32 Å². The fraction of sp³-hybridized carbons (Fsp3) is 0.111. The van der Waals surface area contributed by atoms with Gasteiger partial charge in [0.15, 0.2) is 0 Å². The molecule has 1 aliphatic heterocycles. The van der Waals surface area contributed by atoms with Gasteiger partial charge in [-0.2, -0.15) is 0 Å². The van der Waals surface area contributed by atoms with E-state index in [9.17, 15) is 4.79 Å². The van der Waals surface area contributed by atoms with Crippen molar-refractivity contribution < 1.29 is 4.79 Å². The summed E-state index contributed by atoms with van der Waals surface area (Å²) in [7, 11) is 0. The van der Waals surface area contributed by atoms with Crippen LogP contribution in [0.4, 0.5) is 0 Å². The van der Waals surface area contributed by atoms with E-state index >= 15 is 0 Å². The van der Waals surface area contributed by atoms with Crippen molar-refractivity contribution in [3.8, 4) is 0 Å². The number of aliphatic imine (C=N–C) groups is 1. The molecule has 0 atom stereocenters. The third-order valence-corrected chi connectivity index (χ3v) is 3.63. The molecular weight excluding hydrogens is 296 g/mol. The van der Waals surface area contributed by atoms with E-state index < -0.39 is 0 Å². The minimum absolute atomic E-state index is 0.162. The molecule has 0 unspecified atom stereocenters. The zero-order chi connectivity index (χ0) is 15.5. The van der Waals surface area contributed by atoms with Crippen LogP contribution in [-0.2, 0) is 11.2 Å². The number of nitrogens with zero attached hydrogens (tertiary/aromatic N) is 1.